The van der Waals surface area contributed by atoms with Crippen LogP contribution in [0.25, 0.3) is 0 Å². The summed E-state index contributed by atoms with van der Waals surface area (Å²) in [6.45, 7) is 12.2. The lowest BCUT2D eigenvalue weighted by atomic mass is 10.3. The van der Waals surface area contributed by atoms with E-state index in [0.29, 0.717) is 0 Å². The largest absolute Gasteiger partial charge is 0.337 e. The highest BCUT2D eigenvalue weighted by Crippen LogP contribution is 1.98. The molecule has 128 valence electrons. The Kier molecular flexibility index (Phi) is 7.38. The van der Waals surface area contributed by atoms with Gasteiger partial charge in [-0.05, 0) is 14.1 Å². The first-order chi connectivity index (χ1) is 10.6. The molecule has 2 heterocycles. The molecule has 2 saturated heterocycles. The van der Waals surface area contributed by atoms with Crippen molar-refractivity contribution in [3.8, 4) is 0 Å². The van der Waals surface area contributed by atoms with Crippen molar-refractivity contribution in [2.75, 3.05) is 92.6 Å². The monoisotopic (exact) mass is 312 g/mol. The van der Waals surface area contributed by atoms with E-state index < -0.39 is 0 Å². The number of carbonyl (C=O) groups is 1. The van der Waals surface area contributed by atoms with Gasteiger partial charge in [0.25, 0.3) is 0 Å². The molecule has 22 heavy (non-hydrogen) atoms. The van der Waals surface area contributed by atoms with Crippen molar-refractivity contribution in [1.82, 2.24) is 30.2 Å². The third-order valence-electron chi connectivity index (χ3n) is 4.62. The molecule has 0 atom stereocenters. The van der Waals surface area contributed by atoms with Crippen LogP contribution < -0.4 is 10.6 Å². The first-order valence-corrected chi connectivity index (χ1v) is 8.47. The van der Waals surface area contributed by atoms with Crippen LogP contribution in [-0.4, -0.2) is 118 Å². The van der Waals surface area contributed by atoms with Gasteiger partial charge in [0.2, 0.25) is 0 Å². The Bertz CT molecular complexity index is 294. The Morgan fingerprint density at radius 3 is 1.45 bits per heavy atom. The molecule has 2 aliphatic rings. The van der Waals surface area contributed by atoms with E-state index in [9.17, 15) is 4.79 Å². The topological polar surface area (TPSA) is 54.1 Å². The van der Waals surface area contributed by atoms with Gasteiger partial charge in [-0.15, -0.1) is 0 Å². The third kappa shape index (κ3) is 6.48. The van der Waals surface area contributed by atoms with Gasteiger partial charge in [0.1, 0.15) is 0 Å². The molecule has 2 rings (SSSR count). The zero-order valence-corrected chi connectivity index (χ0v) is 14.2. The smallest absolute Gasteiger partial charge is 0.314 e. The molecule has 0 aliphatic carbocycles. The van der Waals surface area contributed by atoms with Crippen molar-refractivity contribution in [3.05, 3.63) is 0 Å². The maximum atomic E-state index is 11.8. The number of amides is 2. The maximum absolute atomic E-state index is 11.8. The van der Waals surface area contributed by atoms with Crippen LogP contribution in [0.3, 0.4) is 0 Å². The standard InChI is InChI=1S/C15H32N6O/c1-18-7-11-20(12-8-18)5-3-16-15(22)17-4-6-21-13-9-19(2)10-14-21/h3-14H2,1-2H3,(H2,16,17,22). The summed E-state index contributed by atoms with van der Waals surface area (Å²) >= 11 is 0. The van der Waals surface area contributed by atoms with Crippen LogP contribution in [0.1, 0.15) is 0 Å². The van der Waals surface area contributed by atoms with Crippen LogP contribution in [0.15, 0.2) is 0 Å². The van der Waals surface area contributed by atoms with Gasteiger partial charge < -0.3 is 20.4 Å². The molecule has 2 aliphatic heterocycles. The highest BCUT2D eigenvalue weighted by atomic mass is 16.2. The van der Waals surface area contributed by atoms with E-state index in [1.54, 1.807) is 0 Å². The van der Waals surface area contributed by atoms with E-state index in [4.69, 9.17) is 0 Å². The van der Waals surface area contributed by atoms with Crippen molar-refractivity contribution in [1.29, 1.82) is 0 Å². The van der Waals surface area contributed by atoms with Crippen molar-refractivity contribution < 1.29 is 4.79 Å². The summed E-state index contributed by atoms with van der Waals surface area (Å²) in [6, 6.07) is -0.0387. The average Bonchev–Trinajstić information content (AvgIpc) is 2.51. The molecule has 0 aromatic carbocycles. The first-order valence-electron chi connectivity index (χ1n) is 8.47. The number of piperazine rings is 2. The zero-order chi connectivity index (χ0) is 15.8. The predicted molar refractivity (Wildman–Crippen MR) is 89.3 cm³/mol. The Hall–Kier alpha value is -0.890. The molecule has 2 amide bonds. The van der Waals surface area contributed by atoms with Gasteiger partial charge in [0.05, 0.1) is 0 Å². The Morgan fingerprint density at radius 1 is 0.727 bits per heavy atom. The van der Waals surface area contributed by atoms with Crippen LogP contribution in [-0.2, 0) is 0 Å². The van der Waals surface area contributed by atoms with Crippen molar-refractivity contribution in [2.24, 2.45) is 0 Å². The lowest BCUT2D eigenvalue weighted by molar-refractivity contribution is 0.152. The van der Waals surface area contributed by atoms with Crippen LogP contribution >= 0.6 is 0 Å². The maximum Gasteiger partial charge on any atom is 0.314 e. The molecule has 7 heteroatoms. The summed E-state index contributed by atoms with van der Waals surface area (Å²) < 4.78 is 0. The van der Waals surface area contributed by atoms with Crippen LogP contribution in [0, 0.1) is 0 Å². The second-order valence-electron chi connectivity index (χ2n) is 6.47. The molecule has 0 aromatic rings. The lowest BCUT2D eigenvalue weighted by Crippen LogP contribution is -2.49. The van der Waals surface area contributed by atoms with Crippen molar-refractivity contribution in [2.45, 2.75) is 0 Å². The number of nitrogens with zero attached hydrogens (tertiary/aromatic N) is 4. The van der Waals surface area contributed by atoms with E-state index >= 15 is 0 Å². The molecule has 0 spiro atoms. The van der Waals surface area contributed by atoms with Crippen molar-refractivity contribution >= 4 is 6.03 Å². The van der Waals surface area contributed by atoms with E-state index in [1.807, 2.05) is 0 Å². The number of rotatable bonds is 6. The molecule has 2 fully saturated rings. The Morgan fingerprint density at radius 2 is 1.09 bits per heavy atom. The Labute approximate surface area is 134 Å². The molecular formula is C15H32N6O. The minimum absolute atomic E-state index is 0.0387. The predicted octanol–water partition coefficient (Wildman–Crippen LogP) is -1.22. The number of hydrogen-bond donors (Lipinski definition) is 2. The average molecular weight is 312 g/mol. The summed E-state index contributed by atoms with van der Waals surface area (Å²) in [4.78, 5) is 21.3. The number of carbonyl (C=O) groups excluding carboxylic acids is 1. The molecule has 7 nitrogen and oxygen atoms in total. The summed E-state index contributed by atoms with van der Waals surface area (Å²) in [6.07, 6.45) is 0. The minimum atomic E-state index is -0.0387. The number of urea groups is 1. The van der Waals surface area contributed by atoms with Crippen molar-refractivity contribution in [3.63, 3.8) is 0 Å². The summed E-state index contributed by atoms with van der Waals surface area (Å²) in [7, 11) is 4.31. The van der Waals surface area contributed by atoms with Gasteiger partial charge in [-0.2, -0.15) is 0 Å². The van der Waals surface area contributed by atoms with Crippen LogP contribution in [0.5, 0.6) is 0 Å². The minimum Gasteiger partial charge on any atom is -0.337 e. The number of hydrogen-bond acceptors (Lipinski definition) is 5. The fourth-order valence-electron chi connectivity index (χ4n) is 2.86. The highest BCUT2D eigenvalue weighted by molar-refractivity contribution is 5.73. The van der Waals surface area contributed by atoms with Crippen LogP contribution in [0.2, 0.25) is 0 Å². The normalized spacial score (nSPS) is 22.6. The number of likely N-dealkylation sites (N-methyl/N-ethyl adjacent to an activating group) is 2. The summed E-state index contributed by atoms with van der Waals surface area (Å²) in [5.74, 6) is 0. The van der Waals surface area contributed by atoms with E-state index in [2.05, 4.69) is 44.3 Å². The zero-order valence-electron chi connectivity index (χ0n) is 14.2. The van der Waals surface area contributed by atoms with Gasteiger partial charge in [-0.3, -0.25) is 9.80 Å². The quantitative estimate of drug-likeness (QED) is 0.644. The van der Waals surface area contributed by atoms with Gasteiger partial charge >= 0.3 is 6.03 Å². The SMILES string of the molecule is CN1CCN(CCNC(=O)NCCN2CCN(C)CC2)CC1. The summed E-state index contributed by atoms with van der Waals surface area (Å²) in [5.41, 5.74) is 0. The molecule has 0 bridgehead atoms. The van der Waals surface area contributed by atoms with E-state index in [-0.39, 0.29) is 6.03 Å². The second kappa shape index (κ2) is 9.29. The molecular weight excluding hydrogens is 280 g/mol. The molecule has 2 N–H and O–H groups in total. The molecule has 0 unspecified atom stereocenters. The third-order valence-corrected chi connectivity index (χ3v) is 4.62. The number of nitrogens with one attached hydrogen (secondary N) is 2. The van der Waals surface area contributed by atoms with E-state index in [0.717, 1.165) is 78.5 Å². The molecule has 0 aromatic heterocycles. The molecule has 0 radical (unpaired) electrons. The van der Waals surface area contributed by atoms with Gasteiger partial charge in [-0.25, -0.2) is 4.79 Å². The van der Waals surface area contributed by atoms with Gasteiger partial charge in [0, 0.05) is 78.5 Å². The Balaban J connectivity index is 1.46. The fraction of sp³-hybridized carbons (Fsp3) is 0.933. The van der Waals surface area contributed by atoms with Crippen LogP contribution in [0.4, 0.5) is 4.79 Å². The van der Waals surface area contributed by atoms with E-state index in [1.165, 1.54) is 0 Å². The van der Waals surface area contributed by atoms with Gasteiger partial charge in [-0.1, -0.05) is 0 Å². The first kappa shape index (κ1) is 17.5. The second-order valence-corrected chi connectivity index (χ2v) is 6.47. The molecule has 0 saturated carbocycles. The highest BCUT2D eigenvalue weighted by Gasteiger charge is 2.14. The fourth-order valence-corrected chi connectivity index (χ4v) is 2.86. The lowest BCUT2D eigenvalue weighted by Gasteiger charge is -2.32. The van der Waals surface area contributed by atoms with Gasteiger partial charge in [0.15, 0.2) is 0 Å². The summed E-state index contributed by atoms with van der Waals surface area (Å²) in [5, 5.41) is 5.91.